The van der Waals surface area contributed by atoms with Gasteiger partial charge in [-0.05, 0) is 12.1 Å². The standard InChI is InChI=1S/C21H15N5S/c1-3-7-15(8-4-1)18-13-20(17-11-12-22-24-17)26(25-18)21-23-19(14-27-21)16-9-5-2-6-10-16/h1-14H,(H,22,24). The van der Waals surface area contributed by atoms with Gasteiger partial charge < -0.3 is 0 Å². The number of H-pyrrole nitrogens is 1. The summed E-state index contributed by atoms with van der Waals surface area (Å²) in [7, 11) is 0. The van der Waals surface area contributed by atoms with Gasteiger partial charge in [0, 0.05) is 22.7 Å². The molecule has 0 bridgehead atoms. The number of thiazole rings is 1. The van der Waals surface area contributed by atoms with Gasteiger partial charge in [0.25, 0.3) is 0 Å². The molecule has 0 radical (unpaired) electrons. The molecule has 3 heterocycles. The van der Waals surface area contributed by atoms with Crippen LogP contribution in [0.5, 0.6) is 0 Å². The summed E-state index contributed by atoms with van der Waals surface area (Å²) in [6.45, 7) is 0. The van der Waals surface area contributed by atoms with Gasteiger partial charge in [-0.1, -0.05) is 60.7 Å². The zero-order valence-electron chi connectivity index (χ0n) is 14.3. The summed E-state index contributed by atoms with van der Waals surface area (Å²) >= 11 is 1.57. The van der Waals surface area contributed by atoms with Gasteiger partial charge in [-0.3, -0.25) is 5.10 Å². The molecule has 2 aromatic carbocycles. The predicted octanol–water partition coefficient (Wildman–Crippen LogP) is 5.05. The van der Waals surface area contributed by atoms with Crippen molar-refractivity contribution in [3.63, 3.8) is 0 Å². The lowest BCUT2D eigenvalue weighted by atomic mass is 10.1. The molecular formula is C21H15N5S. The summed E-state index contributed by atoms with van der Waals surface area (Å²) in [4.78, 5) is 4.81. The Balaban J connectivity index is 1.63. The molecule has 5 nitrogen and oxygen atoms in total. The van der Waals surface area contributed by atoms with E-state index in [0.29, 0.717) is 0 Å². The monoisotopic (exact) mass is 369 g/mol. The summed E-state index contributed by atoms with van der Waals surface area (Å²) in [5.41, 5.74) is 5.84. The van der Waals surface area contributed by atoms with Crippen molar-refractivity contribution in [3.05, 3.63) is 84.4 Å². The maximum Gasteiger partial charge on any atom is 0.211 e. The maximum atomic E-state index is 4.83. The normalized spacial score (nSPS) is 11.0. The second-order valence-electron chi connectivity index (χ2n) is 6.04. The van der Waals surface area contributed by atoms with E-state index < -0.39 is 0 Å². The zero-order chi connectivity index (χ0) is 18.1. The van der Waals surface area contributed by atoms with Crippen LogP contribution >= 0.6 is 11.3 Å². The number of hydrogen-bond acceptors (Lipinski definition) is 4. The lowest BCUT2D eigenvalue weighted by Crippen LogP contribution is -1.99. The molecule has 1 N–H and O–H groups in total. The molecule has 27 heavy (non-hydrogen) atoms. The van der Waals surface area contributed by atoms with Crippen LogP contribution in [-0.4, -0.2) is 25.0 Å². The van der Waals surface area contributed by atoms with E-state index in [9.17, 15) is 0 Å². The molecule has 0 saturated carbocycles. The van der Waals surface area contributed by atoms with E-state index in [1.807, 2.05) is 47.1 Å². The van der Waals surface area contributed by atoms with Crippen LogP contribution in [0.2, 0.25) is 0 Å². The maximum absolute atomic E-state index is 4.83. The van der Waals surface area contributed by atoms with Crippen LogP contribution in [0.3, 0.4) is 0 Å². The summed E-state index contributed by atoms with van der Waals surface area (Å²) in [6, 6.07) is 24.3. The van der Waals surface area contributed by atoms with Gasteiger partial charge in [0.05, 0.1) is 22.8 Å². The van der Waals surface area contributed by atoms with E-state index in [4.69, 9.17) is 10.1 Å². The lowest BCUT2D eigenvalue weighted by molar-refractivity contribution is 0.876. The van der Waals surface area contributed by atoms with E-state index in [0.717, 1.165) is 39.0 Å². The summed E-state index contributed by atoms with van der Waals surface area (Å²) in [5, 5.41) is 14.8. The van der Waals surface area contributed by atoms with E-state index >= 15 is 0 Å². The van der Waals surface area contributed by atoms with Crippen molar-refractivity contribution in [2.75, 3.05) is 0 Å². The number of nitrogens with zero attached hydrogens (tertiary/aromatic N) is 4. The molecule has 6 heteroatoms. The fourth-order valence-electron chi connectivity index (χ4n) is 2.97. The number of aromatic amines is 1. The van der Waals surface area contributed by atoms with Crippen molar-refractivity contribution in [1.82, 2.24) is 25.0 Å². The van der Waals surface area contributed by atoms with Crippen LogP contribution in [0.15, 0.2) is 84.4 Å². The average Bonchev–Trinajstić information content (AvgIpc) is 3.48. The van der Waals surface area contributed by atoms with Gasteiger partial charge in [0.1, 0.15) is 0 Å². The van der Waals surface area contributed by atoms with Crippen LogP contribution < -0.4 is 0 Å². The lowest BCUT2D eigenvalue weighted by Gasteiger charge is -2.01. The Labute approximate surface area is 160 Å². The van der Waals surface area contributed by atoms with Gasteiger partial charge >= 0.3 is 0 Å². The number of aromatic nitrogens is 5. The van der Waals surface area contributed by atoms with Crippen molar-refractivity contribution in [1.29, 1.82) is 0 Å². The molecule has 0 fully saturated rings. The number of rotatable bonds is 4. The Morgan fingerprint density at radius 3 is 2.19 bits per heavy atom. The molecule has 0 amide bonds. The first-order valence-corrected chi connectivity index (χ1v) is 9.43. The van der Waals surface area contributed by atoms with Gasteiger partial charge in [-0.2, -0.15) is 10.2 Å². The first kappa shape index (κ1) is 15.7. The summed E-state index contributed by atoms with van der Waals surface area (Å²) in [6.07, 6.45) is 1.74. The molecule has 0 aliphatic rings. The topological polar surface area (TPSA) is 59.4 Å². The molecule has 0 atom stereocenters. The highest BCUT2D eigenvalue weighted by atomic mass is 32.1. The average molecular weight is 369 g/mol. The third-order valence-corrected chi connectivity index (χ3v) is 5.11. The summed E-state index contributed by atoms with van der Waals surface area (Å²) < 4.78 is 1.88. The number of hydrogen-bond donors (Lipinski definition) is 1. The summed E-state index contributed by atoms with van der Waals surface area (Å²) in [5.74, 6) is 0. The molecule has 130 valence electrons. The van der Waals surface area contributed by atoms with E-state index in [2.05, 4.69) is 45.9 Å². The third-order valence-electron chi connectivity index (χ3n) is 4.30. The van der Waals surface area contributed by atoms with E-state index in [-0.39, 0.29) is 0 Å². The van der Waals surface area contributed by atoms with Crippen LogP contribution in [-0.2, 0) is 0 Å². The minimum absolute atomic E-state index is 0.820. The highest BCUT2D eigenvalue weighted by Gasteiger charge is 2.16. The SMILES string of the molecule is c1ccc(-c2csc(-n3nc(-c4ccccc4)cc3-c3ccn[nH]3)n2)cc1. The van der Waals surface area contributed by atoms with Crippen molar-refractivity contribution >= 4 is 11.3 Å². The molecule has 0 aliphatic heterocycles. The van der Waals surface area contributed by atoms with Gasteiger partial charge in [0.15, 0.2) is 0 Å². The first-order valence-electron chi connectivity index (χ1n) is 8.55. The molecule has 5 rings (SSSR count). The zero-order valence-corrected chi connectivity index (χ0v) is 15.1. The van der Waals surface area contributed by atoms with E-state index in [1.165, 1.54) is 0 Å². The molecule has 0 spiro atoms. The largest absolute Gasteiger partial charge is 0.276 e. The fourth-order valence-corrected chi connectivity index (χ4v) is 3.77. The molecule has 5 aromatic rings. The van der Waals surface area contributed by atoms with Gasteiger partial charge in [0.2, 0.25) is 5.13 Å². The van der Waals surface area contributed by atoms with Crippen molar-refractivity contribution < 1.29 is 0 Å². The first-order chi connectivity index (χ1) is 13.4. The Hall–Kier alpha value is -3.51. The van der Waals surface area contributed by atoms with E-state index in [1.54, 1.807) is 17.5 Å². The third kappa shape index (κ3) is 2.96. The fraction of sp³-hybridized carbons (Fsp3) is 0. The Morgan fingerprint density at radius 2 is 1.52 bits per heavy atom. The minimum Gasteiger partial charge on any atom is -0.276 e. The quantitative estimate of drug-likeness (QED) is 0.482. The van der Waals surface area contributed by atoms with Gasteiger partial charge in [-0.15, -0.1) is 11.3 Å². The van der Waals surface area contributed by atoms with Crippen LogP contribution in [0.1, 0.15) is 0 Å². The van der Waals surface area contributed by atoms with Crippen molar-refractivity contribution in [2.45, 2.75) is 0 Å². The van der Waals surface area contributed by atoms with Crippen molar-refractivity contribution in [3.8, 4) is 39.0 Å². The Kier molecular flexibility index (Phi) is 3.88. The highest BCUT2D eigenvalue weighted by Crippen LogP contribution is 2.30. The van der Waals surface area contributed by atoms with Crippen LogP contribution in [0.25, 0.3) is 39.0 Å². The van der Waals surface area contributed by atoms with Crippen LogP contribution in [0, 0.1) is 0 Å². The van der Waals surface area contributed by atoms with Crippen LogP contribution in [0.4, 0.5) is 0 Å². The molecule has 0 aliphatic carbocycles. The number of nitrogens with one attached hydrogen (secondary N) is 1. The second-order valence-corrected chi connectivity index (χ2v) is 6.88. The highest BCUT2D eigenvalue weighted by molar-refractivity contribution is 7.12. The minimum atomic E-state index is 0.820. The Morgan fingerprint density at radius 1 is 0.815 bits per heavy atom. The molecule has 0 saturated heterocycles. The number of benzene rings is 2. The molecule has 3 aromatic heterocycles. The van der Waals surface area contributed by atoms with Gasteiger partial charge in [-0.25, -0.2) is 9.67 Å². The Bertz CT molecular complexity index is 1160. The predicted molar refractivity (Wildman–Crippen MR) is 108 cm³/mol. The second kappa shape index (κ2) is 6.66. The smallest absolute Gasteiger partial charge is 0.211 e. The van der Waals surface area contributed by atoms with Crippen molar-refractivity contribution in [2.24, 2.45) is 0 Å². The molecule has 0 unspecified atom stereocenters. The molecular weight excluding hydrogens is 354 g/mol.